The van der Waals surface area contributed by atoms with Crippen molar-refractivity contribution in [3.8, 4) is 0 Å². The minimum absolute atomic E-state index is 0.119. The van der Waals surface area contributed by atoms with Crippen LogP contribution in [0.4, 0.5) is 11.4 Å². The molecule has 1 aromatic carbocycles. The molecule has 0 spiro atoms. The van der Waals surface area contributed by atoms with Gasteiger partial charge in [-0.25, -0.2) is 9.78 Å². The van der Waals surface area contributed by atoms with E-state index in [0.29, 0.717) is 5.69 Å². The third kappa shape index (κ3) is 3.34. The Morgan fingerprint density at radius 3 is 2.76 bits per heavy atom. The number of aromatic nitrogens is 1. The average molecular weight is 307 g/mol. The van der Waals surface area contributed by atoms with Gasteiger partial charge in [-0.2, -0.15) is 0 Å². The third-order valence-corrected chi connectivity index (χ3v) is 3.96. The maximum absolute atomic E-state index is 11.1. The molecule has 0 saturated heterocycles. The zero-order valence-electron chi connectivity index (χ0n) is 11.4. The summed E-state index contributed by atoms with van der Waals surface area (Å²) in [5.41, 5.74) is 0.648. The number of rotatable bonds is 5. The lowest BCUT2D eigenvalue weighted by Gasteiger charge is -2.13. The summed E-state index contributed by atoms with van der Waals surface area (Å²) in [6.45, 7) is 3.78. The predicted molar refractivity (Wildman–Crippen MR) is 78.9 cm³/mol. The minimum Gasteiger partial charge on any atom is -0.477 e. The average Bonchev–Trinajstić information content (AvgIpc) is 2.85. The fraction of sp³-hybridized carbons (Fsp3) is 0.231. The molecular weight excluding hydrogens is 294 g/mol. The van der Waals surface area contributed by atoms with E-state index < -0.39 is 16.6 Å². The van der Waals surface area contributed by atoms with Gasteiger partial charge in [-0.05, 0) is 26.0 Å². The molecule has 21 heavy (non-hydrogen) atoms. The molecule has 2 rings (SSSR count). The van der Waals surface area contributed by atoms with Crippen LogP contribution in [0, 0.1) is 17.0 Å². The maximum atomic E-state index is 11.1. The Morgan fingerprint density at radius 1 is 1.52 bits per heavy atom. The van der Waals surface area contributed by atoms with Crippen LogP contribution in [0.15, 0.2) is 23.6 Å². The van der Waals surface area contributed by atoms with Gasteiger partial charge in [-0.3, -0.25) is 10.1 Å². The molecule has 1 aromatic heterocycles. The smallest absolute Gasteiger partial charge is 0.342 e. The number of aryl methyl sites for hydroxylation is 1. The maximum Gasteiger partial charge on any atom is 0.342 e. The normalized spacial score (nSPS) is 11.9. The standard InChI is InChI=1S/C13H13N3O4S/c1-7-6-21-12(14-7)8(2)15-9-3-4-11(16(19)20)10(5-9)13(17)18/h3-6,8,15H,1-2H3,(H,17,18). The summed E-state index contributed by atoms with van der Waals surface area (Å²) in [4.78, 5) is 25.5. The second kappa shape index (κ2) is 5.88. The van der Waals surface area contributed by atoms with Gasteiger partial charge in [-0.1, -0.05) is 0 Å². The van der Waals surface area contributed by atoms with E-state index in [0.717, 1.165) is 10.7 Å². The summed E-state index contributed by atoms with van der Waals surface area (Å²) in [7, 11) is 0. The van der Waals surface area contributed by atoms with Crippen LogP contribution in [0.25, 0.3) is 0 Å². The molecule has 2 N–H and O–H groups in total. The zero-order valence-corrected chi connectivity index (χ0v) is 12.2. The van der Waals surface area contributed by atoms with E-state index in [1.165, 1.54) is 29.5 Å². The van der Waals surface area contributed by atoms with E-state index >= 15 is 0 Å². The second-order valence-corrected chi connectivity index (χ2v) is 5.38. The third-order valence-electron chi connectivity index (χ3n) is 2.81. The van der Waals surface area contributed by atoms with Gasteiger partial charge >= 0.3 is 5.97 Å². The van der Waals surface area contributed by atoms with Gasteiger partial charge < -0.3 is 10.4 Å². The number of thiazole rings is 1. The van der Waals surface area contributed by atoms with Crippen LogP contribution in [-0.2, 0) is 0 Å². The molecule has 2 aromatic rings. The number of carboxylic acids is 1. The molecule has 1 heterocycles. The largest absolute Gasteiger partial charge is 0.477 e. The summed E-state index contributed by atoms with van der Waals surface area (Å²) in [6.07, 6.45) is 0. The Labute approximate surface area is 124 Å². The number of hydrogen-bond acceptors (Lipinski definition) is 6. The van der Waals surface area contributed by atoms with Crippen LogP contribution in [0.1, 0.15) is 34.0 Å². The van der Waals surface area contributed by atoms with Crippen LogP contribution in [0.5, 0.6) is 0 Å². The van der Waals surface area contributed by atoms with Gasteiger partial charge in [0.1, 0.15) is 10.6 Å². The van der Waals surface area contributed by atoms with Gasteiger partial charge in [0, 0.05) is 22.8 Å². The van der Waals surface area contributed by atoms with E-state index in [4.69, 9.17) is 5.11 Å². The van der Waals surface area contributed by atoms with Crippen molar-refractivity contribution in [3.63, 3.8) is 0 Å². The minimum atomic E-state index is -1.33. The molecule has 0 amide bonds. The van der Waals surface area contributed by atoms with Crippen molar-refractivity contribution in [2.75, 3.05) is 5.32 Å². The first kappa shape index (κ1) is 14.9. The van der Waals surface area contributed by atoms with Crippen molar-refractivity contribution < 1.29 is 14.8 Å². The fourth-order valence-corrected chi connectivity index (χ4v) is 2.64. The van der Waals surface area contributed by atoms with Crippen molar-refractivity contribution in [2.24, 2.45) is 0 Å². The summed E-state index contributed by atoms with van der Waals surface area (Å²) < 4.78 is 0. The van der Waals surface area contributed by atoms with Gasteiger partial charge in [-0.15, -0.1) is 11.3 Å². The summed E-state index contributed by atoms with van der Waals surface area (Å²) in [5, 5.41) is 25.7. The van der Waals surface area contributed by atoms with Gasteiger partial charge in [0.05, 0.1) is 11.0 Å². The molecule has 0 saturated carbocycles. The molecule has 1 atom stereocenters. The molecule has 0 aliphatic heterocycles. The van der Waals surface area contributed by atoms with Crippen LogP contribution in [-0.4, -0.2) is 21.0 Å². The molecule has 110 valence electrons. The highest BCUT2D eigenvalue weighted by Crippen LogP contribution is 2.26. The Morgan fingerprint density at radius 2 is 2.24 bits per heavy atom. The highest BCUT2D eigenvalue weighted by molar-refractivity contribution is 7.09. The van der Waals surface area contributed by atoms with E-state index in [-0.39, 0.29) is 11.6 Å². The molecule has 7 nitrogen and oxygen atoms in total. The Balaban J connectivity index is 2.27. The molecule has 0 bridgehead atoms. The number of aromatic carboxylic acids is 1. The molecule has 0 aliphatic rings. The molecule has 0 aliphatic carbocycles. The number of nitro groups is 1. The summed E-state index contributed by atoms with van der Waals surface area (Å²) in [6, 6.07) is 3.82. The number of nitrogens with one attached hydrogen (secondary N) is 1. The predicted octanol–water partition coefficient (Wildman–Crippen LogP) is 3.23. The van der Waals surface area contributed by atoms with Gasteiger partial charge in [0.15, 0.2) is 0 Å². The lowest BCUT2D eigenvalue weighted by molar-refractivity contribution is -0.385. The van der Waals surface area contributed by atoms with Gasteiger partial charge in [0.2, 0.25) is 0 Å². The zero-order chi connectivity index (χ0) is 15.6. The van der Waals surface area contributed by atoms with E-state index in [2.05, 4.69) is 10.3 Å². The van der Waals surface area contributed by atoms with Crippen molar-refractivity contribution in [3.05, 3.63) is 50.0 Å². The van der Waals surface area contributed by atoms with Crippen molar-refractivity contribution in [1.82, 2.24) is 4.98 Å². The van der Waals surface area contributed by atoms with E-state index in [1.54, 1.807) is 0 Å². The number of hydrogen-bond donors (Lipinski definition) is 2. The Bertz CT molecular complexity index is 698. The first-order valence-electron chi connectivity index (χ1n) is 6.08. The number of nitro benzene ring substituents is 1. The number of anilines is 1. The quantitative estimate of drug-likeness (QED) is 0.649. The molecule has 0 fully saturated rings. The van der Waals surface area contributed by atoms with Crippen LogP contribution in [0.3, 0.4) is 0 Å². The van der Waals surface area contributed by atoms with Crippen LogP contribution in [0.2, 0.25) is 0 Å². The topological polar surface area (TPSA) is 105 Å². The monoisotopic (exact) mass is 307 g/mol. The Kier molecular flexibility index (Phi) is 4.18. The lowest BCUT2D eigenvalue weighted by atomic mass is 10.1. The highest BCUT2D eigenvalue weighted by Gasteiger charge is 2.20. The highest BCUT2D eigenvalue weighted by atomic mass is 32.1. The summed E-state index contributed by atoms with van der Waals surface area (Å²) in [5.74, 6) is -1.33. The number of carboxylic acid groups (broad SMARTS) is 1. The van der Waals surface area contributed by atoms with E-state index in [9.17, 15) is 14.9 Å². The lowest BCUT2D eigenvalue weighted by Crippen LogP contribution is -2.08. The number of nitrogens with zero attached hydrogens (tertiary/aromatic N) is 2. The van der Waals surface area contributed by atoms with Crippen molar-refractivity contribution in [1.29, 1.82) is 0 Å². The van der Waals surface area contributed by atoms with Gasteiger partial charge in [0.25, 0.3) is 5.69 Å². The summed E-state index contributed by atoms with van der Waals surface area (Å²) >= 11 is 1.50. The fourth-order valence-electron chi connectivity index (χ4n) is 1.84. The number of benzene rings is 1. The van der Waals surface area contributed by atoms with Crippen LogP contribution >= 0.6 is 11.3 Å². The number of carbonyl (C=O) groups is 1. The first-order chi connectivity index (χ1) is 9.88. The molecular formula is C13H13N3O4S. The molecule has 8 heteroatoms. The van der Waals surface area contributed by atoms with Crippen molar-refractivity contribution >= 4 is 28.7 Å². The first-order valence-corrected chi connectivity index (χ1v) is 6.96. The molecule has 0 radical (unpaired) electrons. The van der Waals surface area contributed by atoms with Crippen LogP contribution < -0.4 is 5.32 Å². The Hall–Kier alpha value is -2.48. The van der Waals surface area contributed by atoms with E-state index in [1.807, 2.05) is 19.2 Å². The van der Waals surface area contributed by atoms with Crippen molar-refractivity contribution in [2.45, 2.75) is 19.9 Å². The SMILES string of the molecule is Cc1csc(C(C)Nc2ccc([N+](=O)[O-])c(C(=O)O)c2)n1. The second-order valence-electron chi connectivity index (χ2n) is 4.49. The molecule has 1 unspecified atom stereocenters.